The van der Waals surface area contributed by atoms with Crippen molar-refractivity contribution in [2.75, 3.05) is 12.4 Å². The molecule has 4 heteroatoms. The molecular formula is C12H20NOSSn+. The van der Waals surface area contributed by atoms with Crippen molar-refractivity contribution in [1.82, 2.24) is 0 Å². The normalized spacial score (nSPS) is 12.5. The Kier molecular flexibility index (Phi) is 6.80. The minimum atomic E-state index is -1.96. The zero-order chi connectivity index (χ0) is 12.0. The van der Waals surface area contributed by atoms with Crippen molar-refractivity contribution in [3.8, 4) is 0 Å². The van der Waals surface area contributed by atoms with Crippen LogP contribution in [0.5, 0.6) is 0 Å². The first-order chi connectivity index (χ1) is 7.70. The fourth-order valence-corrected chi connectivity index (χ4v) is 11.8. The first-order valence-corrected chi connectivity index (χ1v) is 12.7. The molecule has 0 spiro atoms. The molecule has 2 N–H and O–H groups in total. The molecule has 0 saturated heterocycles. The summed E-state index contributed by atoms with van der Waals surface area (Å²) in [4.78, 5) is 0. The van der Waals surface area contributed by atoms with Crippen LogP contribution in [0.15, 0.2) is 24.3 Å². The first-order valence-electron chi connectivity index (χ1n) is 5.68. The van der Waals surface area contributed by atoms with Crippen molar-refractivity contribution >= 4 is 31.3 Å². The van der Waals surface area contributed by atoms with Gasteiger partial charge in [0.05, 0.1) is 0 Å². The molecule has 1 aromatic rings. The molecule has 0 aliphatic carbocycles. The van der Waals surface area contributed by atoms with Crippen LogP contribution in [0, 0.1) is 0 Å². The average molecular weight is 345 g/mol. The fraction of sp³-hybridized carbons (Fsp3) is 0.500. The SMILES string of the molecule is CC[O][Sn+]([S]CC)[c]1ccccc1C(C)N. The van der Waals surface area contributed by atoms with Crippen molar-refractivity contribution in [3.63, 3.8) is 0 Å². The van der Waals surface area contributed by atoms with Crippen LogP contribution in [0.3, 0.4) is 0 Å². The van der Waals surface area contributed by atoms with E-state index < -0.39 is 18.8 Å². The van der Waals surface area contributed by atoms with Crippen molar-refractivity contribution in [3.05, 3.63) is 29.8 Å². The van der Waals surface area contributed by atoms with E-state index in [0.29, 0.717) is 0 Å². The van der Waals surface area contributed by atoms with Gasteiger partial charge in [0.25, 0.3) is 0 Å². The Morgan fingerprint density at radius 2 is 2.06 bits per heavy atom. The van der Waals surface area contributed by atoms with E-state index in [9.17, 15) is 0 Å². The Hall–Kier alpha value is 0.289. The van der Waals surface area contributed by atoms with Gasteiger partial charge in [0.1, 0.15) is 0 Å². The summed E-state index contributed by atoms with van der Waals surface area (Å²) in [5.41, 5.74) is 7.28. The van der Waals surface area contributed by atoms with Gasteiger partial charge in [0, 0.05) is 0 Å². The Labute approximate surface area is 109 Å². The van der Waals surface area contributed by atoms with Gasteiger partial charge in [-0.15, -0.1) is 0 Å². The molecular weight excluding hydrogens is 325 g/mol. The van der Waals surface area contributed by atoms with Gasteiger partial charge in [-0.05, 0) is 0 Å². The molecule has 16 heavy (non-hydrogen) atoms. The van der Waals surface area contributed by atoms with E-state index in [1.165, 1.54) is 9.14 Å². The molecule has 0 saturated carbocycles. The summed E-state index contributed by atoms with van der Waals surface area (Å²) in [5.74, 6) is 1.13. The first kappa shape index (κ1) is 14.4. The van der Waals surface area contributed by atoms with Gasteiger partial charge in [-0.2, -0.15) is 0 Å². The zero-order valence-electron chi connectivity index (χ0n) is 10.2. The predicted molar refractivity (Wildman–Crippen MR) is 74.2 cm³/mol. The number of hydrogen-bond donors (Lipinski definition) is 1. The number of benzene rings is 1. The van der Waals surface area contributed by atoms with Gasteiger partial charge in [-0.1, -0.05) is 0 Å². The summed E-state index contributed by atoms with van der Waals surface area (Å²) in [7, 11) is 2.00. The van der Waals surface area contributed by atoms with E-state index in [1.807, 2.05) is 15.9 Å². The Balaban J connectivity index is 2.97. The monoisotopic (exact) mass is 346 g/mol. The number of nitrogens with two attached hydrogens (primary N) is 1. The van der Waals surface area contributed by atoms with E-state index in [0.717, 1.165) is 12.4 Å². The molecule has 0 radical (unpaired) electrons. The van der Waals surface area contributed by atoms with Crippen molar-refractivity contribution < 1.29 is 3.07 Å². The molecule has 1 aromatic carbocycles. The van der Waals surface area contributed by atoms with Crippen LogP contribution in [0.2, 0.25) is 0 Å². The third kappa shape index (κ3) is 3.95. The van der Waals surface area contributed by atoms with Crippen molar-refractivity contribution in [2.24, 2.45) is 5.73 Å². The topological polar surface area (TPSA) is 35.2 Å². The molecule has 1 rings (SSSR count). The van der Waals surface area contributed by atoms with Gasteiger partial charge < -0.3 is 0 Å². The van der Waals surface area contributed by atoms with Crippen molar-refractivity contribution in [2.45, 2.75) is 26.8 Å². The van der Waals surface area contributed by atoms with Gasteiger partial charge in [0.15, 0.2) is 0 Å². The molecule has 0 bridgehead atoms. The molecule has 0 heterocycles. The molecule has 88 valence electrons. The van der Waals surface area contributed by atoms with Gasteiger partial charge in [0.2, 0.25) is 0 Å². The van der Waals surface area contributed by atoms with E-state index in [-0.39, 0.29) is 6.04 Å². The second-order valence-electron chi connectivity index (χ2n) is 3.53. The van der Waals surface area contributed by atoms with Crippen LogP contribution in [0.4, 0.5) is 0 Å². The maximum atomic E-state index is 6.01. The molecule has 0 amide bonds. The van der Waals surface area contributed by atoms with E-state index in [4.69, 9.17) is 8.81 Å². The molecule has 0 aliphatic rings. The summed E-state index contributed by atoms with van der Waals surface area (Å²) >= 11 is -1.96. The Morgan fingerprint density at radius 1 is 1.38 bits per heavy atom. The predicted octanol–water partition coefficient (Wildman–Crippen LogP) is 2.19. The second-order valence-corrected chi connectivity index (χ2v) is 13.4. The zero-order valence-corrected chi connectivity index (χ0v) is 13.9. The van der Waals surface area contributed by atoms with Crippen molar-refractivity contribution in [1.29, 1.82) is 0 Å². The molecule has 2 nitrogen and oxygen atoms in total. The fourth-order valence-electron chi connectivity index (χ4n) is 1.54. The number of rotatable bonds is 6. The molecule has 0 fully saturated rings. The van der Waals surface area contributed by atoms with Gasteiger partial charge >= 0.3 is 109 Å². The van der Waals surface area contributed by atoms with Gasteiger partial charge in [-0.3, -0.25) is 0 Å². The summed E-state index contributed by atoms with van der Waals surface area (Å²) in [6, 6.07) is 8.59. The maximum absolute atomic E-state index is 6.01. The quantitative estimate of drug-likeness (QED) is 0.803. The summed E-state index contributed by atoms with van der Waals surface area (Å²) in [6.07, 6.45) is 0. The van der Waals surface area contributed by atoms with Crippen LogP contribution in [0.25, 0.3) is 0 Å². The average Bonchev–Trinajstić information content (AvgIpc) is 2.29. The molecule has 1 unspecified atom stereocenters. The summed E-state index contributed by atoms with van der Waals surface area (Å²) in [5, 5.41) is 0. The van der Waals surface area contributed by atoms with E-state index in [1.54, 1.807) is 0 Å². The number of hydrogen-bond acceptors (Lipinski definition) is 3. The third-order valence-electron chi connectivity index (χ3n) is 2.22. The molecule has 0 aliphatic heterocycles. The second kappa shape index (κ2) is 7.58. The van der Waals surface area contributed by atoms with Gasteiger partial charge in [-0.25, -0.2) is 0 Å². The third-order valence-corrected chi connectivity index (χ3v) is 13.9. The Morgan fingerprint density at radius 3 is 2.62 bits per heavy atom. The minimum absolute atomic E-state index is 0.102. The van der Waals surface area contributed by atoms with Crippen LogP contribution in [-0.4, -0.2) is 31.2 Å². The molecule has 1 atom stereocenters. The van der Waals surface area contributed by atoms with Crippen LogP contribution >= 0.6 is 8.95 Å². The van der Waals surface area contributed by atoms with Crippen LogP contribution in [-0.2, 0) is 3.07 Å². The van der Waals surface area contributed by atoms with Crippen LogP contribution in [0.1, 0.15) is 32.4 Å². The summed E-state index contributed by atoms with van der Waals surface area (Å²) in [6.45, 7) is 7.13. The van der Waals surface area contributed by atoms with E-state index in [2.05, 4.69) is 38.1 Å². The van der Waals surface area contributed by atoms with E-state index >= 15 is 0 Å². The standard InChI is InChI=1S/C8H10N.C2H5O.C2H6S.Sn/c1-7(9)8-5-3-2-4-6-8;2*1-2-3;/h2-5,7H,9H2,1H3;2H2,1H3;3H,2H2,1H3;/q;-1;;+3/p-1. The molecule has 0 aromatic heterocycles. The van der Waals surface area contributed by atoms with Crippen LogP contribution < -0.4 is 9.31 Å². The Bertz CT molecular complexity index is 314. The summed E-state index contributed by atoms with van der Waals surface area (Å²) < 4.78 is 7.37.